The van der Waals surface area contributed by atoms with Crippen LogP contribution in [-0.2, 0) is 0 Å². The summed E-state index contributed by atoms with van der Waals surface area (Å²) in [5.41, 5.74) is 4.67. The van der Waals surface area contributed by atoms with Gasteiger partial charge in [-0.05, 0) is 54.4 Å². The van der Waals surface area contributed by atoms with Crippen molar-refractivity contribution in [3.05, 3.63) is 66.2 Å². The highest BCUT2D eigenvalue weighted by molar-refractivity contribution is 7.80. The standard InChI is InChI=1S/C24H24N2O2S/c1-4-15(2)16-9-11-17(12-10-16)25-24(29)26-20-14-22-19(13-23(20)27-3)18-7-5-6-8-21(18)28-22/h5-15H,4H2,1-3H3,(H2,25,26,29). The zero-order chi connectivity index (χ0) is 20.4. The number of para-hydroxylation sites is 1. The van der Waals surface area contributed by atoms with Gasteiger partial charge < -0.3 is 19.8 Å². The topological polar surface area (TPSA) is 46.4 Å². The Morgan fingerprint density at radius 1 is 1.00 bits per heavy atom. The van der Waals surface area contributed by atoms with Gasteiger partial charge in [-0.2, -0.15) is 0 Å². The van der Waals surface area contributed by atoms with Crippen LogP contribution in [0.25, 0.3) is 21.9 Å². The van der Waals surface area contributed by atoms with Crippen molar-refractivity contribution in [3.8, 4) is 5.75 Å². The van der Waals surface area contributed by atoms with Gasteiger partial charge in [0, 0.05) is 22.5 Å². The minimum atomic E-state index is 0.495. The summed E-state index contributed by atoms with van der Waals surface area (Å²) in [5, 5.41) is 9.04. The average Bonchev–Trinajstić information content (AvgIpc) is 3.10. The van der Waals surface area contributed by atoms with Gasteiger partial charge in [0.05, 0.1) is 12.8 Å². The quantitative estimate of drug-likeness (QED) is 0.354. The molecule has 148 valence electrons. The van der Waals surface area contributed by atoms with Crippen molar-refractivity contribution in [1.82, 2.24) is 0 Å². The predicted molar refractivity (Wildman–Crippen MR) is 125 cm³/mol. The summed E-state index contributed by atoms with van der Waals surface area (Å²) >= 11 is 5.51. The second kappa shape index (κ2) is 8.13. The molecule has 0 fully saturated rings. The number of thiocarbonyl (C=S) groups is 1. The molecule has 0 amide bonds. The first-order chi connectivity index (χ1) is 14.1. The largest absolute Gasteiger partial charge is 0.495 e. The van der Waals surface area contributed by atoms with Crippen molar-refractivity contribution in [2.75, 3.05) is 17.7 Å². The maximum Gasteiger partial charge on any atom is 0.175 e. The molecule has 0 aliphatic rings. The fraction of sp³-hybridized carbons (Fsp3) is 0.208. The Hall–Kier alpha value is -3.05. The molecule has 1 heterocycles. The molecule has 0 aliphatic heterocycles. The molecule has 0 radical (unpaired) electrons. The molecule has 1 aromatic heterocycles. The first-order valence-corrected chi connectivity index (χ1v) is 10.2. The smallest absolute Gasteiger partial charge is 0.175 e. The van der Waals surface area contributed by atoms with Crippen LogP contribution in [0.5, 0.6) is 5.75 Å². The normalized spacial score (nSPS) is 12.1. The number of hydrogen-bond acceptors (Lipinski definition) is 3. The van der Waals surface area contributed by atoms with Crippen LogP contribution in [-0.4, -0.2) is 12.2 Å². The molecule has 0 spiro atoms. The highest BCUT2D eigenvalue weighted by Gasteiger charge is 2.13. The van der Waals surface area contributed by atoms with Crippen molar-refractivity contribution in [1.29, 1.82) is 0 Å². The number of hydrogen-bond donors (Lipinski definition) is 2. The van der Waals surface area contributed by atoms with Gasteiger partial charge in [0.1, 0.15) is 16.9 Å². The molecule has 4 rings (SSSR count). The summed E-state index contributed by atoms with van der Waals surface area (Å²) in [6, 6.07) is 20.3. The highest BCUT2D eigenvalue weighted by Crippen LogP contribution is 2.36. The number of rotatable bonds is 5. The number of methoxy groups -OCH3 is 1. The summed E-state index contributed by atoms with van der Waals surface area (Å²) in [7, 11) is 1.65. The fourth-order valence-electron chi connectivity index (χ4n) is 3.43. The minimum Gasteiger partial charge on any atom is -0.495 e. The van der Waals surface area contributed by atoms with Crippen molar-refractivity contribution in [3.63, 3.8) is 0 Å². The Kier molecular flexibility index (Phi) is 5.41. The molecular weight excluding hydrogens is 380 g/mol. The van der Waals surface area contributed by atoms with Crippen LogP contribution in [0.1, 0.15) is 31.7 Å². The van der Waals surface area contributed by atoms with E-state index in [-0.39, 0.29) is 0 Å². The van der Waals surface area contributed by atoms with Gasteiger partial charge >= 0.3 is 0 Å². The average molecular weight is 405 g/mol. The summed E-state index contributed by atoms with van der Waals surface area (Å²) in [5.74, 6) is 1.26. The van der Waals surface area contributed by atoms with E-state index in [2.05, 4.69) is 48.7 Å². The maximum atomic E-state index is 5.98. The molecule has 4 aromatic rings. The third-order valence-electron chi connectivity index (χ3n) is 5.30. The van der Waals surface area contributed by atoms with Gasteiger partial charge in [-0.25, -0.2) is 0 Å². The van der Waals surface area contributed by atoms with Gasteiger partial charge in [0.15, 0.2) is 5.11 Å². The Bertz CT molecular complexity index is 1160. The number of ether oxygens (including phenoxy) is 1. The van der Waals surface area contributed by atoms with Crippen LogP contribution < -0.4 is 15.4 Å². The van der Waals surface area contributed by atoms with Crippen molar-refractivity contribution in [2.24, 2.45) is 0 Å². The van der Waals surface area contributed by atoms with Crippen molar-refractivity contribution in [2.45, 2.75) is 26.2 Å². The lowest BCUT2D eigenvalue weighted by atomic mass is 9.99. The van der Waals surface area contributed by atoms with Crippen LogP contribution in [0.15, 0.2) is 65.1 Å². The Morgan fingerprint density at radius 3 is 2.48 bits per heavy atom. The lowest BCUT2D eigenvalue weighted by Gasteiger charge is -2.14. The van der Waals surface area contributed by atoms with E-state index in [0.29, 0.717) is 16.8 Å². The molecule has 0 bridgehead atoms. The third kappa shape index (κ3) is 3.91. The van der Waals surface area contributed by atoms with Gasteiger partial charge in [-0.3, -0.25) is 0 Å². The first-order valence-electron chi connectivity index (χ1n) is 9.76. The van der Waals surface area contributed by atoms with Crippen LogP contribution in [0.3, 0.4) is 0 Å². The van der Waals surface area contributed by atoms with Gasteiger partial charge in [0.2, 0.25) is 0 Å². The molecule has 0 aliphatic carbocycles. The molecular formula is C24H24N2O2S. The summed E-state index contributed by atoms with van der Waals surface area (Å²) < 4.78 is 11.6. The van der Waals surface area contributed by atoms with Crippen molar-refractivity contribution < 1.29 is 9.15 Å². The molecule has 0 saturated carbocycles. The van der Waals surface area contributed by atoms with Gasteiger partial charge in [-0.15, -0.1) is 0 Å². The van der Waals surface area contributed by atoms with Crippen LogP contribution >= 0.6 is 12.2 Å². The lowest BCUT2D eigenvalue weighted by Crippen LogP contribution is -2.19. The molecule has 5 heteroatoms. The molecule has 2 N–H and O–H groups in total. The first kappa shape index (κ1) is 19.3. The van der Waals surface area contributed by atoms with E-state index in [1.165, 1.54) is 5.56 Å². The number of furan rings is 1. The number of fused-ring (bicyclic) bond motifs is 3. The third-order valence-corrected chi connectivity index (χ3v) is 5.50. The number of anilines is 2. The van der Waals surface area contributed by atoms with E-state index in [1.807, 2.05) is 36.4 Å². The number of benzene rings is 3. The molecule has 0 saturated heterocycles. The SMILES string of the molecule is CCC(C)c1ccc(NC(=S)Nc2cc3oc4ccccc4c3cc2OC)cc1. The second-order valence-corrected chi connectivity index (χ2v) is 7.57. The highest BCUT2D eigenvalue weighted by atomic mass is 32.1. The van der Waals surface area contributed by atoms with E-state index >= 15 is 0 Å². The molecule has 29 heavy (non-hydrogen) atoms. The zero-order valence-corrected chi connectivity index (χ0v) is 17.6. The van der Waals surface area contributed by atoms with Crippen LogP contribution in [0, 0.1) is 0 Å². The molecule has 4 nitrogen and oxygen atoms in total. The lowest BCUT2D eigenvalue weighted by molar-refractivity contribution is 0.417. The van der Waals surface area contributed by atoms with Crippen molar-refractivity contribution >= 4 is 50.6 Å². The maximum absolute atomic E-state index is 5.98. The van der Waals surface area contributed by atoms with E-state index in [0.717, 1.165) is 39.7 Å². The second-order valence-electron chi connectivity index (χ2n) is 7.16. The summed E-state index contributed by atoms with van der Waals surface area (Å²) in [6.45, 7) is 4.43. The predicted octanol–water partition coefficient (Wildman–Crippen LogP) is 6.92. The van der Waals surface area contributed by atoms with E-state index in [9.17, 15) is 0 Å². The van der Waals surface area contributed by atoms with Crippen LogP contribution in [0.4, 0.5) is 11.4 Å². The van der Waals surface area contributed by atoms with E-state index < -0.39 is 0 Å². The molecule has 1 unspecified atom stereocenters. The summed E-state index contributed by atoms with van der Waals surface area (Å²) in [4.78, 5) is 0. The Morgan fingerprint density at radius 2 is 1.76 bits per heavy atom. The van der Waals surface area contributed by atoms with E-state index in [1.54, 1.807) is 7.11 Å². The number of nitrogens with one attached hydrogen (secondary N) is 2. The van der Waals surface area contributed by atoms with Gasteiger partial charge in [0.25, 0.3) is 0 Å². The minimum absolute atomic E-state index is 0.495. The zero-order valence-electron chi connectivity index (χ0n) is 16.8. The Balaban J connectivity index is 1.56. The fourth-order valence-corrected chi connectivity index (χ4v) is 3.66. The summed E-state index contributed by atoms with van der Waals surface area (Å²) in [6.07, 6.45) is 1.12. The monoisotopic (exact) mass is 404 g/mol. The molecule has 3 aromatic carbocycles. The molecule has 1 atom stereocenters. The van der Waals surface area contributed by atoms with Gasteiger partial charge in [-0.1, -0.05) is 44.2 Å². The Labute approximate surface area is 175 Å². The van der Waals surface area contributed by atoms with Crippen LogP contribution in [0.2, 0.25) is 0 Å². The van der Waals surface area contributed by atoms with E-state index in [4.69, 9.17) is 21.4 Å².